The van der Waals surface area contributed by atoms with Gasteiger partial charge in [0.25, 0.3) is 15.9 Å². The minimum atomic E-state index is -3.99. The summed E-state index contributed by atoms with van der Waals surface area (Å²) in [6.45, 7) is 3.19. The second-order valence-electron chi connectivity index (χ2n) is 3.55. The first-order chi connectivity index (χ1) is 8.67. The molecule has 7 nitrogen and oxygen atoms in total. The molecule has 1 N–H and O–H groups in total. The molecular weight excluding hydrogens is 340 g/mol. The Labute approximate surface area is 168 Å². The number of sulfonamides is 1. The van der Waals surface area contributed by atoms with Gasteiger partial charge in [-0.25, -0.2) is 21.6 Å². The molecule has 2 rings (SSSR count). The van der Waals surface area contributed by atoms with Crippen molar-refractivity contribution < 1.29 is 85.3 Å². The van der Waals surface area contributed by atoms with Gasteiger partial charge in [0, 0.05) is 5.75 Å². The molecule has 1 aromatic carbocycles. The maximum atomic E-state index is 11.1. The van der Waals surface area contributed by atoms with Crippen LogP contribution in [0.15, 0.2) is 29.2 Å². The van der Waals surface area contributed by atoms with Crippen LogP contribution < -0.4 is 63.8 Å². The number of carbonyl (C=O) groups is 1. The zero-order valence-electron chi connectivity index (χ0n) is 11.7. The second kappa shape index (κ2) is 9.64. The molecule has 1 aliphatic heterocycles. The Balaban J connectivity index is 0. The number of rotatable bonds is 2. The van der Waals surface area contributed by atoms with E-state index in [0.29, 0.717) is 0 Å². The molecular formula is C10H11NNa2O6S2. The molecule has 0 saturated heterocycles. The van der Waals surface area contributed by atoms with Gasteiger partial charge in [-0.1, -0.05) is 12.1 Å². The molecule has 11 heteroatoms. The monoisotopic (exact) mass is 351 g/mol. The fourth-order valence-corrected chi connectivity index (χ4v) is 2.82. The molecule has 0 fully saturated rings. The summed E-state index contributed by atoms with van der Waals surface area (Å²) in [7, 11) is -7.54. The standard InChI is InChI=1S/C7H5NO3S.C3H7O3S.2Na/c9-7-5-3-1-2-4-6(5)12(10,11)8-7;1-2-3-7(4,5)6;;/h1-4H,(H,8,9);1-3H2,(H,4,5,6);;/q;-1;2*+1/p-1. The first-order valence-electron chi connectivity index (χ1n) is 5.06. The fraction of sp³-hybridized carbons (Fsp3) is 0.200. The van der Waals surface area contributed by atoms with Crippen molar-refractivity contribution in [1.82, 2.24) is 4.72 Å². The normalized spacial score (nSPS) is 14.5. The number of nitrogens with one attached hydrogen (secondary N) is 1. The Morgan fingerprint density at radius 3 is 2.10 bits per heavy atom. The summed E-state index contributed by atoms with van der Waals surface area (Å²) in [5, 5.41) is 0. The van der Waals surface area contributed by atoms with Gasteiger partial charge < -0.3 is 11.5 Å². The number of amides is 1. The average Bonchev–Trinajstić information content (AvgIpc) is 2.50. The molecule has 0 aliphatic carbocycles. The average molecular weight is 351 g/mol. The van der Waals surface area contributed by atoms with E-state index in [2.05, 4.69) is 6.92 Å². The van der Waals surface area contributed by atoms with Crippen molar-refractivity contribution in [3.8, 4) is 0 Å². The van der Waals surface area contributed by atoms with Crippen LogP contribution in [0.1, 0.15) is 16.8 Å². The van der Waals surface area contributed by atoms with Crippen LogP contribution in [0.2, 0.25) is 0 Å². The van der Waals surface area contributed by atoms with Crippen molar-refractivity contribution in [2.24, 2.45) is 0 Å². The van der Waals surface area contributed by atoms with E-state index in [-0.39, 0.29) is 81.7 Å². The molecule has 0 saturated carbocycles. The molecule has 0 radical (unpaired) electrons. The number of carbonyl (C=O) groups excluding carboxylic acids is 1. The van der Waals surface area contributed by atoms with Crippen molar-refractivity contribution in [3.63, 3.8) is 0 Å². The molecule has 21 heavy (non-hydrogen) atoms. The summed E-state index contributed by atoms with van der Waals surface area (Å²) in [5.74, 6) is -0.905. The molecule has 0 atom stereocenters. The SMILES string of the molecule is O=C1NS(=O)(=O)c2ccccc21.[CH2-]CCS(=O)(=O)[O-].[Na+].[Na+]. The van der Waals surface area contributed by atoms with E-state index in [1.54, 1.807) is 12.1 Å². The number of hydrogen-bond donors (Lipinski definition) is 1. The number of fused-ring (bicyclic) bond motifs is 1. The summed E-state index contributed by atoms with van der Waals surface area (Å²) in [4.78, 5) is 11.1. The summed E-state index contributed by atoms with van der Waals surface area (Å²) in [5.41, 5.74) is 0.220. The van der Waals surface area contributed by atoms with Gasteiger partial charge in [0.05, 0.1) is 15.7 Å². The molecule has 1 amide bonds. The van der Waals surface area contributed by atoms with Gasteiger partial charge in [0.15, 0.2) is 0 Å². The van der Waals surface area contributed by atoms with E-state index in [9.17, 15) is 26.2 Å². The van der Waals surface area contributed by atoms with Gasteiger partial charge in [-0.2, -0.15) is 6.42 Å². The molecule has 0 spiro atoms. The number of benzene rings is 1. The van der Waals surface area contributed by atoms with E-state index in [0.717, 1.165) is 0 Å². The predicted molar refractivity (Wildman–Crippen MR) is 65.6 cm³/mol. The summed E-state index contributed by atoms with van der Waals surface area (Å²) < 4.78 is 53.1. The van der Waals surface area contributed by atoms with E-state index >= 15 is 0 Å². The molecule has 0 aromatic heterocycles. The number of hydrogen-bond acceptors (Lipinski definition) is 6. The van der Waals surface area contributed by atoms with Crippen molar-refractivity contribution in [1.29, 1.82) is 0 Å². The smallest absolute Gasteiger partial charge is 0.748 e. The third-order valence-electron chi connectivity index (χ3n) is 2.04. The van der Waals surface area contributed by atoms with Crippen LogP contribution in [0.4, 0.5) is 0 Å². The quantitative estimate of drug-likeness (QED) is 0.322. The van der Waals surface area contributed by atoms with Crippen LogP contribution in [0.5, 0.6) is 0 Å². The molecule has 1 heterocycles. The van der Waals surface area contributed by atoms with Crippen LogP contribution in [0.3, 0.4) is 0 Å². The molecule has 106 valence electrons. The first kappa shape index (κ1) is 23.8. The zero-order valence-corrected chi connectivity index (χ0v) is 17.3. The van der Waals surface area contributed by atoms with Gasteiger partial charge in [0.2, 0.25) is 0 Å². The maximum Gasteiger partial charge on any atom is 1.00 e. The van der Waals surface area contributed by atoms with Crippen LogP contribution in [0.25, 0.3) is 0 Å². The molecule has 0 unspecified atom stereocenters. The maximum absolute atomic E-state index is 11.1. The fourth-order valence-electron chi connectivity index (χ4n) is 1.30. The first-order valence-corrected chi connectivity index (χ1v) is 8.12. The van der Waals surface area contributed by atoms with Crippen LogP contribution in [-0.2, 0) is 20.1 Å². The summed E-state index contributed by atoms with van der Waals surface area (Å²) >= 11 is 0. The van der Waals surface area contributed by atoms with Crippen LogP contribution >= 0.6 is 0 Å². The van der Waals surface area contributed by atoms with Crippen molar-refractivity contribution in [2.45, 2.75) is 11.3 Å². The largest absolute Gasteiger partial charge is 1.00 e. The summed E-state index contributed by atoms with van der Waals surface area (Å²) in [6.07, 6.45) is 0.159. The third kappa shape index (κ3) is 7.58. The van der Waals surface area contributed by atoms with E-state index in [4.69, 9.17) is 0 Å². The third-order valence-corrected chi connectivity index (χ3v) is 4.22. The summed E-state index contributed by atoms with van der Waals surface area (Å²) in [6, 6.07) is 6.09. The molecule has 1 aliphatic rings. The van der Waals surface area contributed by atoms with Crippen molar-refractivity contribution in [3.05, 3.63) is 36.8 Å². The Bertz CT molecular complexity index is 687. The Morgan fingerprint density at radius 1 is 1.19 bits per heavy atom. The van der Waals surface area contributed by atoms with Gasteiger partial charge in [-0.05, 0) is 12.1 Å². The topological polar surface area (TPSA) is 120 Å². The molecule has 1 aromatic rings. The Morgan fingerprint density at radius 2 is 1.71 bits per heavy atom. The van der Waals surface area contributed by atoms with Gasteiger partial charge in [-0.3, -0.25) is 4.79 Å². The Kier molecular flexibility index (Phi) is 10.9. The van der Waals surface area contributed by atoms with Crippen molar-refractivity contribution >= 4 is 26.0 Å². The van der Waals surface area contributed by atoms with Crippen LogP contribution in [0, 0.1) is 6.92 Å². The van der Waals surface area contributed by atoms with Crippen molar-refractivity contribution in [2.75, 3.05) is 5.75 Å². The van der Waals surface area contributed by atoms with Gasteiger partial charge >= 0.3 is 59.1 Å². The van der Waals surface area contributed by atoms with Gasteiger partial charge in [-0.15, -0.1) is 0 Å². The minimum Gasteiger partial charge on any atom is -0.748 e. The van der Waals surface area contributed by atoms with E-state index in [1.165, 1.54) is 12.1 Å². The Hall–Kier alpha value is 0.550. The van der Waals surface area contributed by atoms with E-state index < -0.39 is 26.0 Å². The minimum absolute atomic E-state index is 0. The van der Waals surface area contributed by atoms with Gasteiger partial charge in [0.1, 0.15) is 4.90 Å². The zero-order chi connectivity index (χ0) is 14.7. The molecule has 0 bridgehead atoms. The van der Waals surface area contributed by atoms with E-state index in [1.807, 2.05) is 4.72 Å². The van der Waals surface area contributed by atoms with Crippen LogP contribution in [-0.4, -0.2) is 33.0 Å². The predicted octanol–water partition coefficient (Wildman–Crippen LogP) is -6.12. The second-order valence-corrected chi connectivity index (χ2v) is 6.72.